The highest BCUT2D eigenvalue weighted by atomic mass is 35.6. The molecule has 1 atom stereocenters. The van der Waals surface area contributed by atoms with Crippen molar-refractivity contribution in [1.82, 2.24) is 10.3 Å². The number of amides is 1. The van der Waals surface area contributed by atoms with Gasteiger partial charge in [-0.25, -0.2) is 4.98 Å². The third-order valence-electron chi connectivity index (χ3n) is 1.39. The van der Waals surface area contributed by atoms with Crippen LogP contribution < -0.4 is 10.1 Å². The van der Waals surface area contributed by atoms with Crippen LogP contribution in [0.3, 0.4) is 0 Å². The van der Waals surface area contributed by atoms with Gasteiger partial charge in [0.2, 0.25) is 22.3 Å². The van der Waals surface area contributed by atoms with Crippen molar-refractivity contribution in [2.24, 2.45) is 0 Å². The largest absolute Gasteiger partial charge is 0.449 e. The lowest BCUT2D eigenvalue weighted by Crippen LogP contribution is -2.44. The second-order valence-corrected chi connectivity index (χ2v) is 4.86. The molecule has 0 bridgehead atoms. The summed E-state index contributed by atoms with van der Waals surface area (Å²) in [4.78, 5) is 14.1. The summed E-state index contributed by atoms with van der Waals surface area (Å²) < 4.78 is 3.40. The van der Waals surface area contributed by atoms with Crippen molar-refractivity contribution < 1.29 is 9.53 Å². The molecule has 1 unspecified atom stereocenters. The maximum absolute atomic E-state index is 10.3. The fourth-order valence-electron chi connectivity index (χ4n) is 0.795. The second kappa shape index (κ2) is 5.39. The average Bonchev–Trinajstić information content (AvgIpc) is 2.17. The molecular formula is C8H7Cl3N2O2. The number of rotatable bonds is 4. The van der Waals surface area contributed by atoms with E-state index in [1.807, 2.05) is 0 Å². The van der Waals surface area contributed by atoms with Crippen LogP contribution in [0.25, 0.3) is 0 Å². The number of aromatic nitrogens is 1. The highest BCUT2D eigenvalue weighted by molar-refractivity contribution is 6.68. The molecule has 0 radical (unpaired) electrons. The monoisotopic (exact) mass is 268 g/mol. The molecular weight excluding hydrogens is 262 g/mol. The Kier molecular flexibility index (Phi) is 4.45. The van der Waals surface area contributed by atoms with Crippen molar-refractivity contribution in [2.45, 2.75) is 10.0 Å². The number of ether oxygens (including phenoxy) is 1. The number of nitrogens with one attached hydrogen (secondary N) is 1. The van der Waals surface area contributed by atoms with Gasteiger partial charge in [-0.05, 0) is 6.07 Å². The van der Waals surface area contributed by atoms with Crippen LogP contribution in [-0.4, -0.2) is 21.4 Å². The lowest BCUT2D eigenvalue weighted by Gasteiger charge is -2.23. The lowest BCUT2D eigenvalue weighted by atomic mass is 10.5. The maximum Gasteiger partial charge on any atom is 0.246 e. The second-order valence-electron chi connectivity index (χ2n) is 2.49. The van der Waals surface area contributed by atoms with Crippen molar-refractivity contribution in [1.29, 1.82) is 0 Å². The molecule has 0 aromatic carbocycles. The Morgan fingerprint density at radius 3 is 2.67 bits per heavy atom. The van der Waals surface area contributed by atoms with Crippen molar-refractivity contribution >= 4 is 41.2 Å². The van der Waals surface area contributed by atoms with E-state index >= 15 is 0 Å². The smallest absolute Gasteiger partial charge is 0.246 e. The highest BCUT2D eigenvalue weighted by Gasteiger charge is 2.34. The van der Waals surface area contributed by atoms with Crippen LogP contribution in [0.2, 0.25) is 0 Å². The molecule has 1 amide bonds. The number of pyridine rings is 1. The van der Waals surface area contributed by atoms with E-state index < -0.39 is 10.0 Å². The molecule has 7 heteroatoms. The molecule has 1 aromatic rings. The van der Waals surface area contributed by atoms with Gasteiger partial charge in [0.1, 0.15) is 0 Å². The first kappa shape index (κ1) is 12.4. The van der Waals surface area contributed by atoms with E-state index in [4.69, 9.17) is 39.5 Å². The van der Waals surface area contributed by atoms with Gasteiger partial charge < -0.3 is 10.1 Å². The Hall–Kier alpha value is -0.710. The Morgan fingerprint density at radius 1 is 1.47 bits per heavy atom. The number of nitrogens with zero attached hydrogens (tertiary/aromatic N) is 1. The summed E-state index contributed by atoms with van der Waals surface area (Å²) in [5.74, 6) is 0.253. The molecule has 1 N–H and O–H groups in total. The summed E-state index contributed by atoms with van der Waals surface area (Å²) >= 11 is 16.8. The molecule has 0 saturated heterocycles. The van der Waals surface area contributed by atoms with E-state index in [0.717, 1.165) is 0 Å². The third kappa shape index (κ3) is 4.11. The molecule has 4 nitrogen and oxygen atoms in total. The first-order valence-corrected chi connectivity index (χ1v) is 5.01. The zero-order valence-corrected chi connectivity index (χ0v) is 9.63. The molecule has 1 rings (SSSR count). The van der Waals surface area contributed by atoms with Gasteiger partial charge in [-0.2, -0.15) is 0 Å². The van der Waals surface area contributed by atoms with Gasteiger partial charge in [-0.1, -0.05) is 40.9 Å². The van der Waals surface area contributed by atoms with Crippen LogP contribution in [-0.2, 0) is 4.79 Å². The van der Waals surface area contributed by atoms with E-state index in [1.54, 1.807) is 18.2 Å². The molecule has 0 saturated carbocycles. The summed E-state index contributed by atoms with van der Waals surface area (Å²) in [6.45, 7) is 0. The van der Waals surface area contributed by atoms with E-state index in [2.05, 4.69) is 10.3 Å². The molecule has 0 aliphatic heterocycles. The van der Waals surface area contributed by atoms with Gasteiger partial charge in [-0.15, -0.1) is 0 Å². The summed E-state index contributed by atoms with van der Waals surface area (Å²) in [5, 5.41) is 2.23. The Morgan fingerprint density at radius 2 is 2.20 bits per heavy atom. The normalized spacial score (nSPS) is 13.0. The lowest BCUT2D eigenvalue weighted by molar-refractivity contribution is -0.111. The molecule has 1 aromatic heterocycles. The molecule has 0 aliphatic rings. The average molecular weight is 270 g/mol. The van der Waals surface area contributed by atoms with Crippen LogP contribution in [0.4, 0.5) is 0 Å². The van der Waals surface area contributed by atoms with Gasteiger partial charge in [0.15, 0.2) is 0 Å². The zero-order chi connectivity index (χ0) is 11.3. The van der Waals surface area contributed by atoms with E-state index in [1.165, 1.54) is 6.20 Å². The van der Waals surface area contributed by atoms with Crippen LogP contribution >= 0.6 is 34.8 Å². The molecule has 0 aliphatic carbocycles. The van der Waals surface area contributed by atoms with E-state index in [0.29, 0.717) is 6.41 Å². The number of hydrogen-bond donors (Lipinski definition) is 1. The Labute approximate surface area is 101 Å². The maximum atomic E-state index is 10.3. The predicted octanol–water partition coefficient (Wildman–Crippen LogP) is 1.90. The Balaban J connectivity index is 2.71. The standard InChI is InChI=1S/C8H7Cl3N2O2/c9-8(10,11)7(13-5-14)15-6-3-1-2-4-12-6/h1-5,7H,(H,13,14). The number of halogens is 3. The van der Waals surface area contributed by atoms with Gasteiger partial charge in [0.25, 0.3) is 0 Å². The molecule has 0 fully saturated rings. The minimum Gasteiger partial charge on any atom is -0.449 e. The minimum absolute atomic E-state index is 0.253. The van der Waals surface area contributed by atoms with Gasteiger partial charge in [0.05, 0.1) is 0 Å². The number of carbonyl (C=O) groups is 1. The first-order chi connectivity index (χ1) is 7.04. The van der Waals surface area contributed by atoms with Crippen molar-refractivity contribution in [3.63, 3.8) is 0 Å². The molecule has 0 spiro atoms. The topological polar surface area (TPSA) is 51.2 Å². The Bertz CT molecular complexity index is 315. The third-order valence-corrected chi connectivity index (χ3v) is 1.99. The molecule has 82 valence electrons. The van der Waals surface area contributed by atoms with Gasteiger partial charge in [0, 0.05) is 12.3 Å². The number of alkyl halides is 3. The van der Waals surface area contributed by atoms with Gasteiger partial charge in [-0.3, -0.25) is 4.79 Å². The van der Waals surface area contributed by atoms with Crippen LogP contribution in [0.15, 0.2) is 24.4 Å². The summed E-state index contributed by atoms with van der Waals surface area (Å²) in [6.07, 6.45) is 0.816. The summed E-state index contributed by atoms with van der Waals surface area (Å²) in [5.41, 5.74) is 0. The van der Waals surface area contributed by atoms with E-state index in [-0.39, 0.29) is 5.88 Å². The van der Waals surface area contributed by atoms with Crippen LogP contribution in [0, 0.1) is 0 Å². The van der Waals surface area contributed by atoms with Gasteiger partial charge >= 0.3 is 0 Å². The highest BCUT2D eigenvalue weighted by Crippen LogP contribution is 2.31. The summed E-state index contributed by atoms with van der Waals surface area (Å²) in [7, 11) is 0. The van der Waals surface area contributed by atoms with Crippen molar-refractivity contribution in [3.05, 3.63) is 24.4 Å². The minimum atomic E-state index is -1.77. The van der Waals surface area contributed by atoms with Crippen molar-refractivity contribution in [3.8, 4) is 5.88 Å². The number of carbonyl (C=O) groups excluding carboxylic acids is 1. The predicted molar refractivity (Wildman–Crippen MR) is 58.1 cm³/mol. The summed E-state index contributed by atoms with van der Waals surface area (Å²) in [6, 6.07) is 5.00. The van der Waals surface area contributed by atoms with Crippen LogP contribution in [0.1, 0.15) is 0 Å². The number of hydrogen-bond acceptors (Lipinski definition) is 3. The quantitative estimate of drug-likeness (QED) is 0.516. The SMILES string of the molecule is O=CNC(Oc1ccccn1)C(Cl)(Cl)Cl. The first-order valence-electron chi connectivity index (χ1n) is 3.88. The fraction of sp³-hybridized carbons (Fsp3) is 0.250. The molecule has 1 heterocycles. The zero-order valence-electron chi connectivity index (χ0n) is 7.36. The van der Waals surface area contributed by atoms with Crippen LogP contribution in [0.5, 0.6) is 5.88 Å². The fourth-order valence-corrected chi connectivity index (χ4v) is 1.12. The molecule has 15 heavy (non-hydrogen) atoms. The van der Waals surface area contributed by atoms with E-state index in [9.17, 15) is 4.79 Å². The van der Waals surface area contributed by atoms with Crippen molar-refractivity contribution in [2.75, 3.05) is 0 Å².